The minimum absolute atomic E-state index is 0.0880. The first kappa shape index (κ1) is 9.27. The zero-order chi connectivity index (χ0) is 7.28. The van der Waals surface area contributed by atoms with E-state index in [1.165, 1.54) is 11.8 Å². The van der Waals surface area contributed by atoms with Gasteiger partial charge in [-0.1, -0.05) is 13.3 Å². The van der Waals surface area contributed by atoms with Gasteiger partial charge in [-0.15, -0.1) is 0 Å². The van der Waals surface area contributed by atoms with Gasteiger partial charge in [0, 0.05) is 0 Å². The lowest BCUT2D eigenvalue weighted by Gasteiger charge is -2.12. The summed E-state index contributed by atoms with van der Waals surface area (Å²) < 4.78 is 0. The van der Waals surface area contributed by atoms with Gasteiger partial charge in [0.2, 0.25) is 6.29 Å². The molecular weight excluding hydrogens is 136 g/mol. The average molecular weight is 149 g/mol. The maximum Gasteiger partial charge on any atom is 0.231 e. The molecule has 0 aliphatic rings. The third kappa shape index (κ3) is 3.78. The number of aliphatic hydroxyl groups is 2. The Morgan fingerprint density at radius 3 is 2.22 bits per heavy atom. The summed E-state index contributed by atoms with van der Waals surface area (Å²) in [5, 5.41) is 17.1. The standard InChI is InChI=1S/C6H13O2S/c1-3-4-5(9-2)6(7)8/h5,7-8H,3-4H2,1-2H3. The summed E-state index contributed by atoms with van der Waals surface area (Å²) in [4.78, 5) is 0. The second-order valence-electron chi connectivity index (χ2n) is 1.87. The molecule has 1 radical (unpaired) electrons. The molecule has 0 saturated carbocycles. The second-order valence-corrected chi connectivity index (χ2v) is 2.91. The average Bonchev–Trinajstić information content (AvgIpc) is 1.82. The van der Waals surface area contributed by atoms with Crippen molar-refractivity contribution in [2.45, 2.75) is 25.0 Å². The Labute approximate surface area is 60.3 Å². The maximum absolute atomic E-state index is 8.59. The molecule has 0 rings (SSSR count). The van der Waals surface area contributed by atoms with E-state index in [2.05, 4.69) is 0 Å². The summed E-state index contributed by atoms with van der Waals surface area (Å²) in [7, 11) is 0. The molecule has 0 saturated heterocycles. The fourth-order valence-corrected chi connectivity index (χ4v) is 1.30. The first-order valence-corrected chi connectivity index (χ1v) is 4.28. The monoisotopic (exact) mass is 149 g/mol. The first-order chi connectivity index (χ1) is 4.22. The van der Waals surface area contributed by atoms with Gasteiger partial charge >= 0.3 is 0 Å². The van der Waals surface area contributed by atoms with Crippen molar-refractivity contribution in [3.63, 3.8) is 0 Å². The van der Waals surface area contributed by atoms with Crippen LogP contribution >= 0.6 is 11.8 Å². The highest BCUT2D eigenvalue weighted by Crippen LogP contribution is 2.19. The summed E-state index contributed by atoms with van der Waals surface area (Å²) in [6, 6.07) is 0. The van der Waals surface area contributed by atoms with Gasteiger partial charge in [0.05, 0.1) is 5.25 Å². The Morgan fingerprint density at radius 2 is 2.11 bits per heavy atom. The van der Waals surface area contributed by atoms with Crippen molar-refractivity contribution in [1.82, 2.24) is 0 Å². The molecule has 0 amide bonds. The summed E-state index contributed by atoms with van der Waals surface area (Å²) in [6.45, 7) is 2.02. The number of hydrogen-bond acceptors (Lipinski definition) is 3. The lowest BCUT2D eigenvalue weighted by atomic mass is 10.2. The molecular formula is C6H13O2S. The van der Waals surface area contributed by atoms with E-state index in [9.17, 15) is 0 Å². The summed E-state index contributed by atoms with van der Waals surface area (Å²) in [5.41, 5.74) is 0. The number of aliphatic hydroxyl groups excluding tert-OH is 1. The van der Waals surface area contributed by atoms with Crippen molar-refractivity contribution in [2.75, 3.05) is 6.26 Å². The van der Waals surface area contributed by atoms with Crippen molar-refractivity contribution >= 4 is 11.8 Å². The van der Waals surface area contributed by atoms with E-state index in [0.29, 0.717) is 0 Å². The van der Waals surface area contributed by atoms with Crippen LogP contribution in [0, 0.1) is 6.29 Å². The van der Waals surface area contributed by atoms with E-state index in [1.807, 2.05) is 13.2 Å². The third-order valence-corrected chi connectivity index (χ3v) is 2.14. The van der Waals surface area contributed by atoms with Gasteiger partial charge in [0.1, 0.15) is 0 Å². The van der Waals surface area contributed by atoms with Crippen molar-refractivity contribution < 1.29 is 10.2 Å². The van der Waals surface area contributed by atoms with Gasteiger partial charge in [-0.2, -0.15) is 11.8 Å². The SMILES string of the molecule is CCCC(SC)[C](O)O. The molecule has 0 spiro atoms. The van der Waals surface area contributed by atoms with Crippen molar-refractivity contribution in [2.24, 2.45) is 0 Å². The number of thioether (sulfide) groups is 1. The summed E-state index contributed by atoms with van der Waals surface area (Å²) >= 11 is 1.47. The Morgan fingerprint density at radius 1 is 1.56 bits per heavy atom. The topological polar surface area (TPSA) is 40.5 Å². The molecule has 0 aromatic carbocycles. The summed E-state index contributed by atoms with van der Waals surface area (Å²) in [6.07, 6.45) is 3.25. The highest BCUT2D eigenvalue weighted by atomic mass is 32.2. The van der Waals surface area contributed by atoms with Gasteiger partial charge in [-0.3, -0.25) is 0 Å². The van der Waals surface area contributed by atoms with Crippen molar-refractivity contribution in [1.29, 1.82) is 0 Å². The van der Waals surface area contributed by atoms with Gasteiger partial charge in [-0.05, 0) is 12.7 Å². The van der Waals surface area contributed by atoms with Crippen LogP contribution in [0.1, 0.15) is 19.8 Å². The largest absolute Gasteiger partial charge is 0.361 e. The molecule has 0 aliphatic heterocycles. The van der Waals surface area contributed by atoms with E-state index in [4.69, 9.17) is 10.2 Å². The minimum Gasteiger partial charge on any atom is -0.361 e. The van der Waals surface area contributed by atoms with Crippen LogP contribution in [0.5, 0.6) is 0 Å². The Kier molecular flexibility index (Phi) is 5.24. The quantitative estimate of drug-likeness (QED) is 0.639. The normalized spacial score (nSPS) is 14.3. The van der Waals surface area contributed by atoms with E-state index in [-0.39, 0.29) is 5.25 Å². The highest BCUT2D eigenvalue weighted by Gasteiger charge is 2.14. The van der Waals surface area contributed by atoms with Gasteiger partial charge in [0.25, 0.3) is 0 Å². The molecule has 55 valence electrons. The van der Waals surface area contributed by atoms with E-state index >= 15 is 0 Å². The van der Waals surface area contributed by atoms with Gasteiger partial charge < -0.3 is 10.2 Å². The lowest BCUT2D eigenvalue weighted by molar-refractivity contribution is 0.0755. The summed E-state index contributed by atoms with van der Waals surface area (Å²) in [5.74, 6) is 0. The Bertz CT molecular complexity index is 66.1. The molecule has 0 fully saturated rings. The van der Waals surface area contributed by atoms with E-state index in [0.717, 1.165) is 12.8 Å². The molecule has 1 atom stereocenters. The Balaban J connectivity index is 3.41. The van der Waals surface area contributed by atoms with E-state index < -0.39 is 6.29 Å². The maximum atomic E-state index is 8.59. The molecule has 0 aliphatic carbocycles. The van der Waals surface area contributed by atoms with Crippen molar-refractivity contribution in [3.05, 3.63) is 6.29 Å². The zero-order valence-electron chi connectivity index (χ0n) is 5.79. The van der Waals surface area contributed by atoms with Crippen molar-refractivity contribution in [3.8, 4) is 0 Å². The van der Waals surface area contributed by atoms with Crippen LogP contribution in [0.4, 0.5) is 0 Å². The third-order valence-electron chi connectivity index (χ3n) is 1.12. The van der Waals surface area contributed by atoms with Crippen LogP contribution in [0.15, 0.2) is 0 Å². The molecule has 2 N–H and O–H groups in total. The van der Waals surface area contributed by atoms with Crippen LogP contribution in [-0.2, 0) is 0 Å². The smallest absolute Gasteiger partial charge is 0.231 e. The Hall–Kier alpha value is 0.270. The molecule has 2 nitrogen and oxygen atoms in total. The fourth-order valence-electron chi connectivity index (χ4n) is 0.615. The molecule has 1 unspecified atom stereocenters. The highest BCUT2D eigenvalue weighted by molar-refractivity contribution is 7.99. The number of rotatable bonds is 4. The molecule has 0 aromatic heterocycles. The fraction of sp³-hybridized carbons (Fsp3) is 0.833. The van der Waals surface area contributed by atoms with Crippen LogP contribution in [0.25, 0.3) is 0 Å². The molecule has 9 heavy (non-hydrogen) atoms. The zero-order valence-corrected chi connectivity index (χ0v) is 6.61. The van der Waals surface area contributed by atoms with Gasteiger partial charge in [0.15, 0.2) is 0 Å². The van der Waals surface area contributed by atoms with Crippen LogP contribution in [-0.4, -0.2) is 21.7 Å². The lowest BCUT2D eigenvalue weighted by Crippen LogP contribution is -2.12. The second kappa shape index (κ2) is 5.09. The minimum atomic E-state index is -0.440. The number of hydrogen-bond donors (Lipinski definition) is 2. The van der Waals surface area contributed by atoms with Gasteiger partial charge in [-0.25, -0.2) is 0 Å². The predicted octanol–water partition coefficient (Wildman–Crippen LogP) is 1.75. The first-order valence-electron chi connectivity index (χ1n) is 3.00. The molecule has 0 heterocycles. The van der Waals surface area contributed by atoms with Crippen LogP contribution < -0.4 is 0 Å². The molecule has 0 bridgehead atoms. The van der Waals surface area contributed by atoms with Crippen LogP contribution in [0.3, 0.4) is 0 Å². The molecule has 0 aromatic rings. The predicted molar refractivity (Wildman–Crippen MR) is 39.3 cm³/mol. The van der Waals surface area contributed by atoms with E-state index in [1.54, 1.807) is 0 Å². The molecule has 3 heteroatoms. The van der Waals surface area contributed by atoms with Crippen LogP contribution in [0.2, 0.25) is 0 Å².